The lowest BCUT2D eigenvalue weighted by molar-refractivity contribution is 0.0602. The van der Waals surface area contributed by atoms with Crippen molar-refractivity contribution >= 4 is 27.3 Å². The number of esters is 1. The van der Waals surface area contributed by atoms with E-state index in [1.807, 2.05) is 0 Å². The summed E-state index contributed by atoms with van der Waals surface area (Å²) >= 11 is 1.09. The van der Waals surface area contributed by atoms with Gasteiger partial charge in [0.15, 0.2) is 0 Å². The summed E-state index contributed by atoms with van der Waals surface area (Å²) in [5.41, 5.74) is 0.573. The molecule has 5 nitrogen and oxygen atoms in total. The third-order valence-electron chi connectivity index (χ3n) is 2.46. The molecule has 1 N–H and O–H groups in total. The SMILES string of the molecule is COC(=O)c1scc(C)c1S(=O)(=O)NC1CC1. The van der Waals surface area contributed by atoms with Gasteiger partial charge >= 0.3 is 5.97 Å². The quantitative estimate of drug-likeness (QED) is 0.840. The fourth-order valence-corrected chi connectivity index (χ4v) is 4.49. The molecule has 1 aliphatic rings. The van der Waals surface area contributed by atoms with Crippen molar-refractivity contribution in [1.82, 2.24) is 4.72 Å². The van der Waals surface area contributed by atoms with Crippen molar-refractivity contribution in [2.24, 2.45) is 0 Å². The Labute approximate surface area is 104 Å². The maximum absolute atomic E-state index is 12.1. The zero-order valence-corrected chi connectivity index (χ0v) is 11.2. The molecule has 1 fully saturated rings. The second kappa shape index (κ2) is 4.40. The molecule has 0 atom stereocenters. The van der Waals surface area contributed by atoms with Gasteiger partial charge in [0.1, 0.15) is 9.77 Å². The topological polar surface area (TPSA) is 72.5 Å². The van der Waals surface area contributed by atoms with Crippen LogP contribution in [0.3, 0.4) is 0 Å². The summed E-state index contributed by atoms with van der Waals surface area (Å²) < 4.78 is 31.3. The van der Waals surface area contributed by atoms with Gasteiger partial charge in [0, 0.05) is 6.04 Å². The minimum absolute atomic E-state index is 0.0183. The van der Waals surface area contributed by atoms with Gasteiger partial charge in [-0.05, 0) is 30.7 Å². The standard InChI is InChI=1S/C10H13NO4S2/c1-6-5-16-8(10(12)15-2)9(6)17(13,14)11-7-3-4-7/h5,7,11H,3-4H2,1-2H3. The van der Waals surface area contributed by atoms with Crippen molar-refractivity contribution in [2.75, 3.05) is 7.11 Å². The van der Waals surface area contributed by atoms with E-state index in [-0.39, 0.29) is 15.8 Å². The predicted octanol–water partition coefficient (Wildman–Crippen LogP) is 1.28. The number of methoxy groups -OCH3 is 1. The zero-order chi connectivity index (χ0) is 12.6. The lowest BCUT2D eigenvalue weighted by atomic mass is 10.3. The van der Waals surface area contributed by atoms with E-state index < -0.39 is 16.0 Å². The molecule has 94 valence electrons. The molecule has 2 rings (SSSR count). The molecule has 0 aliphatic heterocycles. The van der Waals surface area contributed by atoms with Crippen molar-refractivity contribution < 1.29 is 17.9 Å². The first-order valence-electron chi connectivity index (χ1n) is 5.14. The van der Waals surface area contributed by atoms with Crippen LogP contribution in [0.1, 0.15) is 28.1 Å². The molecule has 0 radical (unpaired) electrons. The molecule has 1 aromatic heterocycles. The molecule has 17 heavy (non-hydrogen) atoms. The van der Waals surface area contributed by atoms with Gasteiger partial charge < -0.3 is 4.74 Å². The van der Waals surface area contributed by atoms with Crippen LogP contribution < -0.4 is 4.72 Å². The Bertz CT molecular complexity index is 543. The first kappa shape index (κ1) is 12.5. The summed E-state index contributed by atoms with van der Waals surface area (Å²) in [4.78, 5) is 11.7. The highest BCUT2D eigenvalue weighted by molar-refractivity contribution is 7.89. The number of rotatable bonds is 4. The normalized spacial score (nSPS) is 15.9. The van der Waals surface area contributed by atoms with Gasteiger partial charge in [-0.25, -0.2) is 17.9 Å². The Kier molecular flexibility index (Phi) is 3.24. The van der Waals surface area contributed by atoms with Gasteiger partial charge in [0.2, 0.25) is 10.0 Å². The molecule has 1 saturated carbocycles. The van der Waals surface area contributed by atoms with Gasteiger partial charge in [0.25, 0.3) is 0 Å². The highest BCUT2D eigenvalue weighted by Gasteiger charge is 2.33. The zero-order valence-electron chi connectivity index (χ0n) is 9.52. The van der Waals surface area contributed by atoms with E-state index in [4.69, 9.17) is 0 Å². The van der Waals surface area contributed by atoms with Crippen LogP contribution >= 0.6 is 11.3 Å². The van der Waals surface area contributed by atoms with Gasteiger partial charge in [-0.3, -0.25) is 0 Å². The number of hydrogen-bond acceptors (Lipinski definition) is 5. The minimum atomic E-state index is -3.61. The fourth-order valence-electron chi connectivity index (χ4n) is 1.48. The van der Waals surface area contributed by atoms with Crippen LogP contribution in [0.4, 0.5) is 0 Å². The summed E-state index contributed by atoms with van der Waals surface area (Å²) in [6.07, 6.45) is 1.71. The molecule has 0 unspecified atom stereocenters. The molecule has 1 aliphatic carbocycles. The predicted molar refractivity (Wildman–Crippen MR) is 63.7 cm³/mol. The summed E-state index contributed by atoms with van der Waals surface area (Å²) in [5.74, 6) is -0.612. The van der Waals surface area contributed by atoms with Crippen molar-refractivity contribution in [2.45, 2.75) is 30.7 Å². The van der Waals surface area contributed by atoms with E-state index in [0.29, 0.717) is 5.56 Å². The summed E-state index contributed by atoms with van der Waals surface area (Å²) in [5, 5.41) is 1.65. The molecule has 0 spiro atoms. The average Bonchev–Trinajstić information content (AvgIpc) is 2.96. The van der Waals surface area contributed by atoms with E-state index in [1.54, 1.807) is 12.3 Å². The van der Waals surface area contributed by atoms with E-state index in [9.17, 15) is 13.2 Å². The number of hydrogen-bond donors (Lipinski definition) is 1. The number of sulfonamides is 1. The highest BCUT2D eigenvalue weighted by atomic mass is 32.2. The second-order valence-electron chi connectivity index (χ2n) is 3.96. The van der Waals surface area contributed by atoms with Crippen LogP contribution in [0, 0.1) is 6.92 Å². The van der Waals surface area contributed by atoms with Crippen molar-refractivity contribution in [3.63, 3.8) is 0 Å². The second-order valence-corrected chi connectivity index (χ2v) is 6.49. The lowest BCUT2D eigenvalue weighted by Crippen LogP contribution is -2.27. The van der Waals surface area contributed by atoms with E-state index in [1.165, 1.54) is 7.11 Å². The molecule has 1 heterocycles. The van der Waals surface area contributed by atoms with Gasteiger partial charge in [0.05, 0.1) is 7.11 Å². The minimum Gasteiger partial charge on any atom is -0.465 e. The summed E-state index contributed by atoms with van der Waals surface area (Å²) in [6, 6.07) is 0.0183. The Balaban J connectivity index is 2.42. The molecule has 0 aromatic carbocycles. The summed E-state index contributed by atoms with van der Waals surface area (Å²) in [6.45, 7) is 1.67. The van der Waals surface area contributed by atoms with Crippen LogP contribution in [0.25, 0.3) is 0 Å². The maximum Gasteiger partial charge on any atom is 0.349 e. The smallest absolute Gasteiger partial charge is 0.349 e. The van der Waals surface area contributed by atoms with Crippen molar-refractivity contribution in [1.29, 1.82) is 0 Å². The Morgan fingerprint density at radius 2 is 2.18 bits per heavy atom. The van der Waals surface area contributed by atoms with Crippen molar-refractivity contribution in [3.05, 3.63) is 15.8 Å². The molecule has 0 bridgehead atoms. The van der Waals surface area contributed by atoms with Crippen LogP contribution in [-0.2, 0) is 14.8 Å². The van der Waals surface area contributed by atoms with Crippen LogP contribution in [0.2, 0.25) is 0 Å². The molecule has 7 heteroatoms. The van der Waals surface area contributed by atoms with E-state index in [0.717, 1.165) is 24.2 Å². The van der Waals surface area contributed by atoms with E-state index >= 15 is 0 Å². The van der Waals surface area contributed by atoms with Crippen LogP contribution in [-0.4, -0.2) is 27.5 Å². The van der Waals surface area contributed by atoms with E-state index in [2.05, 4.69) is 9.46 Å². The van der Waals surface area contributed by atoms with Gasteiger partial charge in [-0.15, -0.1) is 11.3 Å². The molecular weight excluding hydrogens is 262 g/mol. The number of nitrogens with one attached hydrogen (secondary N) is 1. The highest BCUT2D eigenvalue weighted by Crippen LogP contribution is 2.29. The van der Waals surface area contributed by atoms with Crippen LogP contribution in [0.5, 0.6) is 0 Å². The number of carbonyl (C=O) groups is 1. The third kappa shape index (κ3) is 2.51. The lowest BCUT2D eigenvalue weighted by Gasteiger charge is -2.07. The van der Waals surface area contributed by atoms with Gasteiger partial charge in [-0.1, -0.05) is 0 Å². The first-order valence-corrected chi connectivity index (χ1v) is 7.50. The Morgan fingerprint density at radius 1 is 1.53 bits per heavy atom. The molecule has 1 aromatic rings. The maximum atomic E-state index is 12.1. The Hall–Kier alpha value is -0.920. The third-order valence-corrected chi connectivity index (χ3v) is 5.37. The molecule has 0 saturated heterocycles. The largest absolute Gasteiger partial charge is 0.465 e. The fraction of sp³-hybridized carbons (Fsp3) is 0.500. The van der Waals surface area contributed by atoms with Crippen LogP contribution in [0.15, 0.2) is 10.3 Å². The number of carbonyl (C=O) groups excluding carboxylic acids is 1. The number of thiophene rings is 1. The van der Waals surface area contributed by atoms with Gasteiger partial charge in [-0.2, -0.15) is 0 Å². The number of aryl methyl sites for hydroxylation is 1. The van der Waals surface area contributed by atoms with Crippen molar-refractivity contribution in [3.8, 4) is 0 Å². The average molecular weight is 275 g/mol. The first-order chi connectivity index (χ1) is 7.95. The Morgan fingerprint density at radius 3 is 2.71 bits per heavy atom. The number of ether oxygens (including phenoxy) is 1. The molecule has 0 amide bonds. The monoisotopic (exact) mass is 275 g/mol. The molecular formula is C10H13NO4S2. The summed E-state index contributed by atoms with van der Waals surface area (Å²) in [7, 11) is -2.37.